The Bertz CT molecular complexity index is 688. The minimum atomic E-state index is -0.979. The maximum absolute atomic E-state index is 12.2. The van der Waals surface area contributed by atoms with E-state index < -0.39 is 11.4 Å². The Labute approximate surface area is 129 Å². The van der Waals surface area contributed by atoms with Crippen molar-refractivity contribution in [3.8, 4) is 11.1 Å². The quantitative estimate of drug-likeness (QED) is 0.696. The molecule has 1 N–H and O–H groups in total. The van der Waals surface area contributed by atoms with E-state index in [9.17, 15) is 9.59 Å². The summed E-state index contributed by atoms with van der Waals surface area (Å²) in [6.07, 6.45) is 1.10. The Morgan fingerprint density at radius 2 is 1.55 bits per heavy atom. The van der Waals surface area contributed by atoms with Gasteiger partial charge in [0.1, 0.15) is 5.41 Å². The number of hydrogen-bond acceptors (Lipinski definition) is 3. The molecule has 0 saturated heterocycles. The number of nitrogens with one attached hydrogen (secondary N) is 1. The second-order valence-electron chi connectivity index (χ2n) is 5.47. The minimum absolute atomic E-state index is 0.285. The maximum atomic E-state index is 12.2. The second kappa shape index (κ2) is 5.64. The van der Waals surface area contributed by atoms with Crippen molar-refractivity contribution in [3.63, 3.8) is 0 Å². The molecular weight excluding hydrogens is 278 g/mol. The van der Waals surface area contributed by atoms with Gasteiger partial charge in [-0.25, -0.2) is 0 Å². The van der Waals surface area contributed by atoms with Crippen molar-refractivity contribution >= 4 is 17.6 Å². The van der Waals surface area contributed by atoms with Gasteiger partial charge in [-0.1, -0.05) is 42.5 Å². The molecule has 1 fully saturated rings. The number of hydrogen-bond donors (Lipinski definition) is 1. The summed E-state index contributed by atoms with van der Waals surface area (Å²) < 4.78 is 4.71. The molecule has 112 valence electrons. The van der Waals surface area contributed by atoms with Crippen molar-refractivity contribution in [3.05, 3.63) is 54.6 Å². The highest BCUT2D eigenvalue weighted by atomic mass is 16.5. The monoisotopic (exact) mass is 295 g/mol. The molecule has 1 aliphatic rings. The van der Waals surface area contributed by atoms with Crippen molar-refractivity contribution in [2.24, 2.45) is 5.41 Å². The molecule has 0 atom stereocenters. The van der Waals surface area contributed by atoms with Crippen LogP contribution in [0.15, 0.2) is 54.6 Å². The zero-order chi connectivity index (χ0) is 15.6. The SMILES string of the molecule is COC(=O)C1(C(=O)Nc2ccc(-c3ccccc3)cc2)CC1. The van der Waals surface area contributed by atoms with E-state index in [0.717, 1.165) is 11.1 Å². The van der Waals surface area contributed by atoms with Gasteiger partial charge < -0.3 is 10.1 Å². The van der Waals surface area contributed by atoms with Crippen LogP contribution in [-0.4, -0.2) is 19.0 Å². The van der Waals surface area contributed by atoms with E-state index in [-0.39, 0.29) is 5.91 Å². The summed E-state index contributed by atoms with van der Waals surface area (Å²) in [6, 6.07) is 17.6. The summed E-state index contributed by atoms with van der Waals surface area (Å²) in [5.41, 5.74) is 1.90. The number of methoxy groups -OCH3 is 1. The number of carbonyl (C=O) groups is 2. The van der Waals surface area contributed by atoms with Gasteiger partial charge >= 0.3 is 5.97 Å². The van der Waals surface area contributed by atoms with Crippen LogP contribution in [0.3, 0.4) is 0 Å². The van der Waals surface area contributed by atoms with E-state index in [1.54, 1.807) is 0 Å². The number of anilines is 1. The molecule has 0 aliphatic heterocycles. The molecule has 1 amide bonds. The molecule has 1 saturated carbocycles. The molecule has 22 heavy (non-hydrogen) atoms. The van der Waals surface area contributed by atoms with Crippen molar-refractivity contribution in [2.45, 2.75) is 12.8 Å². The van der Waals surface area contributed by atoms with Gasteiger partial charge in [-0.3, -0.25) is 9.59 Å². The third-order valence-corrected chi connectivity index (χ3v) is 4.01. The highest BCUT2D eigenvalue weighted by Gasteiger charge is 2.57. The fourth-order valence-electron chi connectivity index (χ4n) is 2.47. The first-order chi connectivity index (χ1) is 10.7. The Hall–Kier alpha value is -2.62. The van der Waals surface area contributed by atoms with Crippen molar-refractivity contribution in [1.82, 2.24) is 0 Å². The molecule has 4 nitrogen and oxygen atoms in total. The van der Waals surface area contributed by atoms with Gasteiger partial charge in [-0.15, -0.1) is 0 Å². The molecule has 4 heteroatoms. The van der Waals surface area contributed by atoms with Gasteiger partial charge in [0.15, 0.2) is 0 Å². The number of carbonyl (C=O) groups excluding carboxylic acids is 2. The Morgan fingerprint density at radius 3 is 2.09 bits per heavy atom. The first-order valence-electron chi connectivity index (χ1n) is 7.21. The van der Waals surface area contributed by atoms with Crippen LogP contribution in [0.2, 0.25) is 0 Å². The third kappa shape index (κ3) is 2.60. The maximum Gasteiger partial charge on any atom is 0.321 e. The number of ether oxygens (including phenoxy) is 1. The summed E-state index contributed by atoms with van der Waals surface area (Å²) >= 11 is 0. The molecule has 2 aromatic carbocycles. The van der Waals surface area contributed by atoms with E-state index in [2.05, 4.69) is 5.32 Å². The van der Waals surface area contributed by atoms with E-state index in [1.165, 1.54) is 7.11 Å². The molecule has 0 unspecified atom stereocenters. The Morgan fingerprint density at radius 1 is 0.955 bits per heavy atom. The Balaban J connectivity index is 1.72. The average molecular weight is 295 g/mol. The molecule has 0 bridgehead atoms. The van der Waals surface area contributed by atoms with E-state index in [4.69, 9.17) is 4.74 Å². The number of amides is 1. The average Bonchev–Trinajstić information content (AvgIpc) is 3.37. The van der Waals surface area contributed by atoms with Crippen LogP contribution >= 0.6 is 0 Å². The number of benzene rings is 2. The Kier molecular flexibility index (Phi) is 3.67. The summed E-state index contributed by atoms with van der Waals surface area (Å²) in [4.78, 5) is 23.9. The topological polar surface area (TPSA) is 55.4 Å². The minimum Gasteiger partial charge on any atom is -0.468 e. The van der Waals surface area contributed by atoms with E-state index in [1.807, 2.05) is 54.6 Å². The molecule has 0 spiro atoms. The number of esters is 1. The summed E-state index contributed by atoms with van der Waals surface area (Å²) in [5.74, 6) is -0.738. The van der Waals surface area contributed by atoms with E-state index >= 15 is 0 Å². The van der Waals surface area contributed by atoms with Gasteiger partial charge in [0.25, 0.3) is 0 Å². The van der Waals surface area contributed by atoms with Crippen LogP contribution in [0.4, 0.5) is 5.69 Å². The lowest BCUT2D eigenvalue weighted by molar-refractivity contribution is -0.150. The summed E-state index contributed by atoms with van der Waals surface area (Å²) in [6.45, 7) is 0. The first kappa shape index (κ1) is 14.3. The first-order valence-corrected chi connectivity index (χ1v) is 7.21. The lowest BCUT2D eigenvalue weighted by atomic mass is 10.0. The highest BCUT2D eigenvalue weighted by Crippen LogP contribution is 2.47. The second-order valence-corrected chi connectivity index (χ2v) is 5.47. The fourth-order valence-corrected chi connectivity index (χ4v) is 2.47. The zero-order valence-corrected chi connectivity index (χ0v) is 12.3. The van der Waals surface area contributed by atoms with Gasteiger partial charge in [0.05, 0.1) is 7.11 Å². The lowest BCUT2D eigenvalue weighted by Crippen LogP contribution is -2.32. The fraction of sp³-hybridized carbons (Fsp3) is 0.222. The van der Waals surface area contributed by atoms with Gasteiger partial charge in [-0.05, 0) is 36.1 Å². The molecule has 3 rings (SSSR count). The predicted octanol–water partition coefficient (Wildman–Crippen LogP) is 3.25. The summed E-state index contributed by atoms with van der Waals surface area (Å²) in [5, 5.41) is 2.80. The molecular formula is C18H17NO3. The van der Waals surface area contributed by atoms with Crippen LogP contribution in [0.25, 0.3) is 11.1 Å². The molecule has 1 aliphatic carbocycles. The van der Waals surface area contributed by atoms with Gasteiger partial charge in [0.2, 0.25) is 5.91 Å². The zero-order valence-electron chi connectivity index (χ0n) is 12.3. The van der Waals surface area contributed by atoms with E-state index in [0.29, 0.717) is 18.5 Å². The summed E-state index contributed by atoms with van der Waals surface area (Å²) in [7, 11) is 1.31. The molecule has 0 aromatic heterocycles. The normalized spacial score (nSPS) is 15.0. The van der Waals surface area contributed by atoms with Gasteiger partial charge in [0, 0.05) is 5.69 Å². The highest BCUT2D eigenvalue weighted by molar-refractivity contribution is 6.11. The van der Waals surface area contributed by atoms with Crippen molar-refractivity contribution < 1.29 is 14.3 Å². The van der Waals surface area contributed by atoms with Crippen LogP contribution < -0.4 is 5.32 Å². The van der Waals surface area contributed by atoms with Gasteiger partial charge in [-0.2, -0.15) is 0 Å². The van der Waals surface area contributed by atoms with Crippen LogP contribution in [0.5, 0.6) is 0 Å². The largest absolute Gasteiger partial charge is 0.468 e. The smallest absolute Gasteiger partial charge is 0.321 e. The van der Waals surface area contributed by atoms with Crippen LogP contribution in [-0.2, 0) is 14.3 Å². The molecule has 0 radical (unpaired) electrons. The number of rotatable bonds is 4. The standard InChI is InChI=1S/C18H17NO3/c1-22-17(21)18(11-12-18)16(20)19-15-9-7-14(8-10-15)13-5-3-2-4-6-13/h2-10H,11-12H2,1H3,(H,19,20). The lowest BCUT2D eigenvalue weighted by Gasteiger charge is -2.13. The molecule has 0 heterocycles. The van der Waals surface area contributed by atoms with Crippen molar-refractivity contribution in [1.29, 1.82) is 0 Å². The predicted molar refractivity (Wildman–Crippen MR) is 84.2 cm³/mol. The third-order valence-electron chi connectivity index (χ3n) is 4.01. The van der Waals surface area contributed by atoms with Crippen LogP contribution in [0.1, 0.15) is 12.8 Å². The molecule has 2 aromatic rings. The van der Waals surface area contributed by atoms with Crippen LogP contribution in [0, 0.1) is 5.41 Å². The van der Waals surface area contributed by atoms with Crippen molar-refractivity contribution in [2.75, 3.05) is 12.4 Å².